The van der Waals surface area contributed by atoms with Gasteiger partial charge in [-0.1, -0.05) is 5.57 Å². The maximum Gasteiger partial charge on any atom is 0.244 e. The van der Waals surface area contributed by atoms with Crippen LogP contribution < -0.4 is 10.6 Å². The second-order valence-electron chi connectivity index (χ2n) is 4.21. The lowest BCUT2D eigenvalue weighted by molar-refractivity contribution is -0.117. The highest BCUT2D eigenvalue weighted by Gasteiger charge is 2.16. The average Bonchev–Trinajstić information content (AvgIpc) is 2.76. The molecule has 2 N–H and O–H groups in total. The Morgan fingerprint density at radius 3 is 2.86 bits per heavy atom. The van der Waals surface area contributed by atoms with Crippen molar-refractivity contribution in [2.24, 2.45) is 0 Å². The van der Waals surface area contributed by atoms with E-state index in [2.05, 4.69) is 10.6 Å². The molecule has 0 bridgehead atoms. The van der Waals surface area contributed by atoms with Crippen molar-refractivity contribution in [1.29, 1.82) is 0 Å². The van der Waals surface area contributed by atoms with Gasteiger partial charge in [-0.2, -0.15) is 0 Å². The average molecular weight is 194 g/mol. The summed E-state index contributed by atoms with van der Waals surface area (Å²) in [4.78, 5) is 11.5. The molecule has 0 spiro atoms. The first kappa shape index (κ1) is 9.71. The van der Waals surface area contributed by atoms with Gasteiger partial charge >= 0.3 is 0 Å². The van der Waals surface area contributed by atoms with Gasteiger partial charge < -0.3 is 10.6 Å². The van der Waals surface area contributed by atoms with Gasteiger partial charge in [0.25, 0.3) is 0 Å². The summed E-state index contributed by atoms with van der Waals surface area (Å²) in [5.74, 6) is 0.107. The first-order chi connectivity index (χ1) is 6.84. The van der Waals surface area contributed by atoms with Crippen LogP contribution in [-0.4, -0.2) is 25.0 Å². The summed E-state index contributed by atoms with van der Waals surface area (Å²) in [6, 6.07) is 0.348. The molecule has 1 atom stereocenters. The highest BCUT2D eigenvalue weighted by molar-refractivity contribution is 5.88. The number of nitrogens with one attached hydrogen (secondary N) is 2. The molecule has 78 valence electrons. The SMILES string of the molecule is O=C(C=C1CCCC1)NC1CCNC1. The Labute approximate surface area is 84.9 Å². The topological polar surface area (TPSA) is 41.1 Å². The molecule has 2 fully saturated rings. The van der Waals surface area contributed by atoms with Crippen LogP contribution in [0.3, 0.4) is 0 Å². The fourth-order valence-electron chi connectivity index (χ4n) is 2.18. The zero-order chi connectivity index (χ0) is 9.80. The molecule has 3 heteroatoms. The normalized spacial score (nSPS) is 26.6. The van der Waals surface area contributed by atoms with E-state index in [0.29, 0.717) is 6.04 Å². The molecule has 0 aromatic heterocycles. The van der Waals surface area contributed by atoms with E-state index in [1.165, 1.54) is 18.4 Å². The van der Waals surface area contributed by atoms with Crippen LogP contribution in [0, 0.1) is 0 Å². The van der Waals surface area contributed by atoms with Gasteiger partial charge in [0.1, 0.15) is 0 Å². The maximum absolute atomic E-state index is 11.5. The third-order valence-corrected chi connectivity index (χ3v) is 2.99. The van der Waals surface area contributed by atoms with E-state index in [1.807, 2.05) is 6.08 Å². The first-order valence-electron chi connectivity index (χ1n) is 5.55. The molecule has 0 radical (unpaired) electrons. The van der Waals surface area contributed by atoms with Crippen LogP contribution in [-0.2, 0) is 4.79 Å². The summed E-state index contributed by atoms with van der Waals surface area (Å²) < 4.78 is 0. The van der Waals surface area contributed by atoms with E-state index in [9.17, 15) is 4.79 Å². The van der Waals surface area contributed by atoms with Crippen LogP contribution in [0.15, 0.2) is 11.6 Å². The minimum absolute atomic E-state index is 0.107. The van der Waals surface area contributed by atoms with Crippen LogP contribution in [0.25, 0.3) is 0 Å². The molecule has 2 aliphatic rings. The van der Waals surface area contributed by atoms with Crippen LogP contribution in [0.4, 0.5) is 0 Å². The van der Waals surface area contributed by atoms with Crippen molar-refractivity contribution in [3.8, 4) is 0 Å². The monoisotopic (exact) mass is 194 g/mol. The summed E-state index contributed by atoms with van der Waals surface area (Å²) >= 11 is 0. The number of amides is 1. The summed E-state index contributed by atoms with van der Waals surface area (Å²) in [5.41, 5.74) is 1.33. The van der Waals surface area contributed by atoms with E-state index < -0.39 is 0 Å². The molecular weight excluding hydrogens is 176 g/mol. The van der Waals surface area contributed by atoms with Gasteiger partial charge in [0.05, 0.1) is 0 Å². The molecule has 1 heterocycles. The first-order valence-corrected chi connectivity index (χ1v) is 5.55. The van der Waals surface area contributed by atoms with Gasteiger partial charge in [0.15, 0.2) is 0 Å². The van der Waals surface area contributed by atoms with Crippen molar-refractivity contribution in [3.63, 3.8) is 0 Å². The van der Waals surface area contributed by atoms with Gasteiger partial charge in [-0.15, -0.1) is 0 Å². The van der Waals surface area contributed by atoms with Crippen molar-refractivity contribution in [2.75, 3.05) is 13.1 Å². The summed E-state index contributed by atoms with van der Waals surface area (Å²) in [6.07, 6.45) is 7.63. The third kappa shape index (κ3) is 2.58. The molecule has 1 saturated carbocycles. The Bertz CT molecular complexity index is 234. The lowest BCUT2D eigenvalue weighted by Crippen LogP contribution is -2.35. The van der Waals surface area contributed by atoms with Crippen molar-refractivity contribution in [3.05, 3.63) is 11.6 Å². The molecule has 14 heavy (non-hydrogen) atoms. The number of hydrogen-bond donors (Lipinski definition) is 2. The zero-order valence-electron chi connectivity index (χ0n) is 8.51. The quantitative estimate of drug-likeness (QED) is 0.643. The van der Waals surface area contributed by atoms with E-state index in [-0.39, 0.29) is 5.91 Å². The lowest BCUT2D eigenvalue weighted by Gasteiger charge is -2.09. The third-order valence-electron chi connectivity index (χ3n) is 2.99. The Morgan fingerprint density at radius 1 is 1.43 bits per heavy atom. The fraction of sp³-hybridized carbons (Fsp3) is 0.727. The standard InChI is InChI=1S/C11H18N2O/c14-11(7-9-3-1-2-4-9)13-10-5-6-12-8-10/h7,10,12H,1-6,8H2,(H,13,14). The van der Waals surface area contributed by atoms with Crippen LogP contribution in [0.1, 0.15) is 32.1 Å². The smallest absolute Gasteiger partial charge is 0.244 e. The fourth-order valence-corrected chi connectivity index (χ4v) is 2.18. The van der Waals surface area contributed by atoms with Gasteiger partial charge in [-0.25, -0.2) is 0 Å². The number of carbonyl (C=O) groups is 1. The van der Waals surface area contributed by atoms with Gasteiger partial charge in [0.2, 0.25) is 5.91 Å². The van der Waals surface area contributed by atoms with Crippen LogP contribution in [0.5, 0.6) is 0 Å². The zero-order valence-corrected chi connectivity index (χ0v) is 8.51. The molecule has 2 rings (SSSR count). The summed E-state index contributed by atoms with van der Waals surface area (Å²) in [6.45, 7) is 1.95. The molecule has 0 aromatic carbocycles. The van der Waals surface area contributed by atoms with Crippen molar-refractivity contribution in [1.82, 2.24) is 10.6 Å². The van der Waals surface area contributed by atoms with Gasteiger partial charge in [0, 0.05) is 18.7 Å². The summed E-state index contributed by atoms with van der Waals surface area (Å²) in [5, 5.41) is 6.26. The molecule has 1 aliphatic carbocycles. The Balaban J connectivity index is 1.79. The highest BCUT2D eigenvalue weighted by atomic mass is 16.1. The van der Waals surface area contributed by atoms with Gasteiger partial charge in [-0.05, 0) is 38.6 Å². The van der Waals surface area contributed by atoms with Gasteiger partial charge in [-0.3, -0.25) is 4.79 Å². The highest BCUT2D eigenvalue weighted by Crippen LogP contribution is 2.23. The molecular formula is C11H18N2O. The minimum Gasteiger partial charge on any atom is -0.348 e. The van der Waals surface area contributed by atoms with Crippen molar-refractivity contribution < 1.29 is 4.79 Å². The Morgan fingerprint density at radius 2 is 2.21 bits per heavy atom. The Hall–Kier alpha value is -0.830. The number of hydrogen-bond acceptors (Lipinski definition) is 2. The van der Waals surface area contributed by atoms with Crippen LogP contribution in [0.2, 0.25) is 0 Å². The van der Waals surface area contributed by atoms with Crippen LogP contribution >= 0.6 is 0 Å². The van der Waals surface area contributed by atoms with E-state index >= 15 is 0 Å². The van der Waals surface area contributed by atoms with E-state index in [4.69, 9.17) is 0 Å². The Kier molecular flexibility index (Phi) is 3.19. The molecule has 1 unspecified atom stereocenters. The minimum atomic E-state index is 0.107. The lowest BCUT2D eigenvalue weighted by atomic mass is 10.2. The molecule has 1 saturated heterocycles. The van der Waals surface area contributed by atoms with E-state index in [0.717, 1.165) is 32.4 Å². The predicted molar refractivity (Wildman–Crippen MR) is 56.0 cm³/mol. The largest absolute Gasteiger partial charge is 0.348 e. The summed E-state index contributed by atoms with van der Waals surface area (Å²) in [7, 11) is 0. The predicted octanol–water partition coefficient (Wildman–Crippen LogP) is 0.965. The van der Waals surface area contributed by atoms with Crippen molar-refractivity contribution in [2.45, 2.75) is 38.1 Å². The second kappa shape index (κ2) is 4.60. The molecule has 1 aliphatic heterocycles. The molecule has 3 nitrogen and oxygen atoms in total. The number of allylic oxidation sites excluding steroid dienone is 1. The second-order valence-corrected chi connectivity index (χ2v) is 4.21. The van der Waals surface area contributed by atoms with Crippen molar-refractivity contribution >= 4 is 5.91 Å². The maximum atomic E-state index is 11.5. The molecule has 0 aromatic rings. The van der Waals surface area contributed by atoms with E-state index in [1.54, 1.807) is 0 Å². The molecule has 1 amide bonds. The number of rotatable bonds is 2. The number of carbonyl (C=O) groups excluding carboxylic acids is 1.